The highest BCUT2D eigenvalue weighted by atomic mass is 32.2. The maximum absolute atomic E-state index is 13.3. The van der Waals surface area contributed by atoms with Gasteiger partial charge in [-0.2, -0.15) is 13.2 Å². The van der Waals surface area contributed by atoms with E-state index in [-0.39, 0.29) is 16.6 Å². The molecular weight excluding hydrogens is 495 g/mol. The fourth-order valence-electron chi connectivity index (χ4n) is 3.32. The number of thioether (sulfide) groups is 1. The van der Waals surface area contributed by atoms with Crippen molar-refractivity contribution < 1.29 is 26.3 Å². The zero-order chi connectivity index (χ0) is 23.8. The monoisotopic (exact) mass is 521 g/mol. The second kappa shape index (κ2) is 12.3. The minimum atomic E-state index is -4.95. The molecule has 0 bridgehead atoms. The predicted molar refractivity (Wildman–Crippen MR) is 126 cm³/mol. The standard InChI is InChI=1S/C21H26F3N3O3S3/c22-21(23,24)32(28)20-14-18(33(25)29)6-7-19(20)26-16(8-9-27-10-12-30-13-11-27)15-31-17-4-2-1-3-5-17/h1-7,14,16,26H,8-13,15,25H2. The molecule has 1 saturated heterocycles. The molecular formula is C21H26F3N3O3S3. The number of nitrogens with one attached hydrogen (secondary N) is 1. The number of hydrogen-bond donors (Lipinski definition) is 2. The Hall–Kier alpha value is -1.44. The molecule has 2 aromatic carbocycles. The maximum atomic E-state index is 13.3. The van der Waals surface area contributed by atoms with E-state index < -0.39 is 32.2 Å². The van der Waals surface area contributed by atoms with Crippen LogP contribution in [0.2, 0.25) is 0 Å². The normalized spacial score (nSPS) is 17.9. The molecule has 33 heavy (non-hydrogen) atoms. The van der Waals surface area contributed by atoms with Crippen LogP contribution in [0.15, 0.2) is 63.2 Å². The average molecular weight is 522 g/mol. The van der Waals surface area contributed by atoms with Crippen LogP contribution < -0.4 is 10.5 Å². The van der Waals surface area contributed by atoms with Crippen LogP contribution in [0.3, 0.4) is 0 Å². The SMILES string of the molecule is NS(=O)c1ccc(NC(CCN2CCOCC2)CSc2ccccc2)c(S(=O)C(F)(F)F)c1. The first-order chi connectivity index (χ1) is 15.7. The van der Waals surface area contributed by atoms with Gasteiger partial charge >= 0.3 is 5.51 Å². The molecule has 1 aliphatic rings. The number of nitrogens with two attached hydrogens (primary N) is 1. The van der Waals surface area contributed by atoms with E-state index in [9.17, 15) is 21.6 Å². The van der Waals surface area contributed by atoms with E-state index in [2.05, 4.69) is 10.2 Å². The average Bonchev–Trinajstić information content (AvgIpc) is 2.81. The molecule has 3 rings (SSSR count). The van der Waals surface area contributed by atoms with Crippen molar-refractivity contribution in [3.63, 3.8) is 0 Å². The van der Waals surface area contributed by atoms with Gasteiger partial charge in [0, 0.05) is 36.3 Å². The van der Waals surface area contributed by atoms with E-state index in [1.54, 1.807) is 11.8 Å². The van der Waals surface area contributed by atoms with Crippen molar-refractivity contribution in [3.05, 3.63) is 48.5 Å². The molecule has 0 saturated carbocycles. The lowest BCUT2D eigenvalue weighted by Crippen LogP contribution is -2.39. The zero-order valence-corrected chi connectivity index (χ0v) is 20.2. The number of benzene rings is 2. The van der Waals surface area contributed by atoms with E-state index in [1.165, 1.54) is 12.1 Å². The first kappa shape index (κ1) is 26.2. The third kappa shape index (κ3) is 8.08. The molecule has 3 N–H and O–H groups in total. The molecule has 1 heterocycles. The minimum Gasteiger partial charge on any atom is -0.380 e. The molecule has 1 fully saturated rings. The fraction of sp³-hybridized carbons (Fsp3) is 0.429. The van der Waals surface area contributed by atoms with Gasteiger partial charge < -0.3 is 10.1 Å². The summed E-state index contributed by atoms with van der Waals surface area (Å²) in [5, 5.41) is 8.50. The maximum Gasteiger partial charge on any atom is 0.475 e. The van der Waals surface area contributed by atoms with Crippen molar-refractivity contribution in [2.24, 2.45) is 5.14 Å². The minimum absolute atomic E-state index is 0.0170. The van der Waals surface area contributed by atoms with Crippen molar-refractivity contribution in [1.29, 1.82) is 0 Å². The number of alkyl halides is 3. The number of morpholine rings is 1. The first-order valence-electron chi connectivity index (χ1n) is 10.3. The van der Waals surface area contributed by atoms with Crippen molar-refractivity contribution in [2.75, 3.05) is 43.9 Å². The van der Waals surface area contributed by atoms with Gasteiger partial charge in [-0.15, -0.1) is 11.8 Å². The molecule has 1 aliphatic heterocycles. The summed E-state index contributed by atoms with van der Waals surface area (Å²) in [4.78, 5) is 2.81. The smallest absolute Gasteiger partial charge is 0.380 e. The van der Waals surface area contributed by atoms with Gasteiger partial charge in [0.2, 0.25) is 0 Å². The van der Waals surface area contributed by atoms with Crippen molar-refractivity contribution in [2.45, 2.75) is 32.7 Å². The third-order valence-electron chi connectivity index (χ3n) is 5.05. The third-order valence-corrected chi connectivity index (χ3v) is 8.10. The Morgan fingerprint density at radius 3 is 2.45 bits per heavy atom. The lowest BCUT2D eigenvalue weighted by Gasteiger charge is -2.29. The quantitative estimate of drug-likeness (QED) is 0.465. The van der Waals surface area contributed by atoms with Gasteiger partial charge in [0.05, 0.1) is 28.7 Å². The Morgan fingerprint density at radius 1 is 1.12 bits per heavy atom. The molecule has 3 atom stereocenters. The van der Waals surface area contributed by atoms with Gasteiger partial charge in [-0.1, -0.05) is 18.2 Å². The van der Waals surface area contributed by atoms with Gasteiger partial charge in [0.25, 0.3) is 0 Å². The van der Waals surface area contributed by atoms with Crippen LogP contribution in [0, 0.1) is 0 Å². The predicted octanol–water partition coefficient (Wildman–Crippen LogP) is 3.59. The lowest BCUT2D eigenvalue weighted by atomic mass is 10.2. The summed E-state index contributed by atoms with van der Waals surface area (Å²) in [6.45, 7) is 3.67. The Bertz CT molecular complexity index is 958. The summed E-state index contributed by atoms with van der Waals surface area (Å²) < 4.78 is 69.1. The molecule has 0 amide bonds. The molecule has 0 radical (unpaired) electrons. The summed E-state index contributed by atoms with van der Waals surface area (Å²) in [6, 6.07) is 13.3. The fourth-order valence-corrected chi connectivity index (χ4v) is 5.63. The van der Waals surface area contributed by atoms with Gasteiger partial charge in [-0.3, -0.25) is 4.90 Å². The van der Waals surface area contributed by atoms with E-state index in [0.717, 1.165) is 30.6 Å². The largest absolute Gasteiger partial charge is 0.475 e. The highest BCUT2D eigenvalue weighted by Crippen LogP contribution is 2.33. The van der Waals surface area contributed by atoms with Crippen LogP contribution >= 0.6 is 11.8 Å². The van der Waals surface area contributed by atoms with Gasteiger partial charge in [-0.25, -0.2) is 13.6 Å². The van der Waals surface area contributed by atoms with Crippen molar-refractivity contribution in [3.8, 4) is 0 Å². The summed E-state index contributed by atoms with van der Waals surface area (Å²) >= 11 is 1.59. The molecule has 0 aliphatic carbocycles. The van der Waals surface area contributed by atoms with Crippen LogP contribution in [0.25, 0.3) is 0 Å². The van der Waals surface area contributed by atoms with Crippen molar-refractivity contribution >= 4 is 39.2 Å². The molecule has 0 spiro atoms. The zero-order valence-electron chi connectivity index (χ0n) is 17.8. The van der Waals surface area contributed by atoms with Crippen LogP contribution in [-0.2, 0) is 26.5 Å². The molecule has 12 heteroatoms. The Kier molecular flexibility index (Phi) is 9.77. The van der Waals surface area contributed by atoms with E-state index >= 15 is 0 Å². The van der Waals surface area contributed by atoms with Gasteiger partial charge in [-0.05, 0) is 36.8 Å². The second-order valence-corrected chi connectivity index (χ2v) is 11.0. The van der Waals surface area contributed by atoms with Gasteiger partial charge in [0.15, 0.2) is 10.8 Å². The molecule has 2 aromatic rings. The summed E-state index contributed by atoms with van der Waals surface area (Å²) in [5.41, 5.74) is -4.85. The van der Waals surface area contributed by atoms with Crippen LogP contribution in [0.5, 0.6) is 0 Å². The van der Waals surface area contributed by atoms with E-state index in [0.29, 0.717) is 25.4 Å². The number of ether oxygens (including phenoxy) is 1. The first-order valence-corrected chi connectivity index (χ1v) is 13.6. The summed E-state index contributed by atoms with van der Waals surface area (Å²) in [5.74, 6) is 0.594. The number of anilines is 1. The topological polar surface area (TPSA) is 84.7 Å². The Labute approximate surface area is 200 Å². The molecule has 0 aromatic heterocycles. The number of hydrogen-bond acceptors (Lipinski definition) is 6. The van der Waals surface area contributed by atoms with Crippen LogP contribution in [-0.4, -0.2) is 63.5 Å². The van der Waals surface area contributed by atoms with Crippen LogP contribution in [0.4, 0.5) is 18.9 Å². The van der Waals surface area contributed by atoms with Crippen LogP contribution in [0.1, 0.15) is 6.42 Å². The summed E-state index contributed by atoms with van der Waals surface area (Å²) in [7, 11) is -5.28. The number of rotatable bonds is 10. The highest BCUT2D eigenvalue weighted by Gasteiger charge is 2.39. The molecule has 6 nitrogen and oxygen atoms in total. The second-order valence-electron chi connectivity index (χ2n) is 7.38. The van der Waals surface area contributed by atoms with E-state index in [1.807, 2.05) is 30.3 Å². The number of halogens is 3. The highest BCUT2D eigenvalue weighted by molar-refractivity contribution is 7.99. The number of nitrogens with zero attached hydrogens (tertiary/aromatic N) is 1. The lowest BCUT2D eigenvalue weighted by molar-refractivity contribution is -0.0384. The van der Waals surface area contributed by atoms with Gasteiger partial charge in [0.1, 0.15) is 11.0 Å². The Morgan fingerprint density at radius 2 is 1.82 bits per heavy atom. The van der Waals surface area contributed by atoms with E-state index in [4.69, 9.17) is 9.88 Å². The summed E-state index contributed by atoms with van der Waals surface area (Å²) in [6.07, 6.45) is 0.669. The Balaban J connectivity index is 1.81. The molecule has 3 unspecified atom stereocenters. The molecule has 182 valence electrons. The van der Waals surface area contributed by atoms with Crippen molar-refractivity contribution in [1.82, 2.24) is 4.90 Å².